The van der Waals surface area contributed by atoms with Crippen LogP contribution >= 0.6 is 36.2 Å². The molecule has 7 heteroatoms. The van der Waals surface area contributed by atoms with Gasteiger partial charge in [0.15, 0.2) is 0 Å². The zero-order valence-corrected chi connectivity index (χ0v) is 20.9. The molecule has 4 nitrogen and oxygen atoms in total. The monoisotopic (exact) mass is 486 g/mol. The van der Waals surface area contributed by atoms with E-state index in [-0.39, 0.29) is 11.3 Å². The Balaban J connectivity index is 1.44. The number of thiol groups is 1. The van der Waals surface area contributed by atoms with E-state index in [0.717, 1.165) is 49.5 Å². The summed E-state index contributed by atoms with van der Waals surface area (Å²) in [5, 5.41) is 2.03. The summed E-state index contributed by atoms with van der Waals surface area (Å²) in [5.74, 6) is 0.150. The molecule has 1 unspecified atom stereocenters. The van der Waals surface area contributed by atoms with Crippen molar-refractivity contribution in [3.63, 3.8) is 0 Å². The second-order valence-electron chi connectivity index (χ2n) is 9.73. The van der Waals surface area contributed by atoms with Crippen LogP contribution in [0.1, 0.15) is 95.3 Å². The van der Waals surface area contributed by atoms with Crippen LogP contribution in [0.15, 0.2) is 12.1 Å². The van der Waals surface area contributed by atoms with Crippen molar-refractivity contribution in [2.45, 2.75) is 88.3 Å². The molecule has 6 rings (SSSR count). The number of thiophene rings is 1. The Morgan fingerprint density at radius 2 is 1.66 bits per heavy atom. The summed E-state index contributed by atoms with van der Waals surface area (Å²) in [6.07, 6.45) is 12.0. The van der Waals surface area contributed by atoms with Gasteiger partial charge in [-0.15, -0.1) is 24.0 Å². The van der Waals surface area contributed by atoms with Gasteiger partial charge in [0.2, 0.25) is 0 Å². The first kappa shape index (κ1) is 21.4. The van der Waals surface area contributed by atoms with E-state index in [2.05, 4.69) is 21.9 Å². The Kier molecular flexibility index (Phi) is 5.73. The second kappa shape index (κ2) is 8.57. The van der Waals surface area contributed by atoms with Crippen LogP contribution in [0.25, 0.3) is 10.8 Å². The van der Waals surface area contributed by atoms with Crippen LogP contribution in [0.3, 0.4) is 0 Å². The number of amides is 1. The molecular weight excluding hydrogens is 456 g/mol. The molecule has 1 aromatic heterocycles. The van der Waals surface area contributed by atoms with Gasteiger partial charge in [-0.2, -0.15) is 0 Å². The van der Waals surface area contributed by atoms with Gasteiger partial charge in [-0.3, -0.25) is 4.79 Å². The van der Waals surface area contributed by atoms with Gasteiger partial charge in [0.25, 0.3) is 5.91 Å². The Hall–Kier alpha value is -1.15. The summed E-state index contributed by atoms with van der Waals surface area (Å²) in [6.45, 7) is 1.08. The van der Waals surface area contributed by atoms with Gasteiger partial charge in [-0.25, -0.2) is 0 Å². The first-order chi connectivity index (χ1) is 15.6. The van der Waals surface area contributed by atoms with Gasteiger partial charge in [-0.1, -0.05) is 62.9 Å². The molecule has 3 heterocycles. The summed E-state index contributed by atoms with van der Waals surface area (Å²) in [6, 6.07) is 5.13. The number of rotatable bonds is 2. The number of nitrogens with zero attached hydrogens (tertiary/aromatic N) is 2. The van der Waals surface area contributed by atoms with Crippen molar-refractivity contribution in [1.82, 2.24) is 9.80 Å². The maximum absolute atomic E-state index is 13.7. The van der Waals surface area contributed by atoms with E-state index < -0.39 is 0 Å². The van der Waals surface area contributed by atoms with Crippen molar-refractivity contribution in [2.24, 2.45) is 0 Å². The minimum Gasteiger partial charge on any atom is -0.356 e. The smallest absolute Gasteiger partial charge is 0.265 e. The number of hydrogen-bond donors (Lipinski definition) is 1. The highest BCUT2D eigenvalue weighted by Crippen LogP contribution is 2.48. The third-order valence-corrected chi connectivity index (χ3v) is 10.0. The number of carbonyl (C=O) groups excluding carboxylic acids is 1. The Labute approximate surface area is 204 Å². The van der Waals surface area contributed by atoms with Crippen LogP contribution < -0.4 is 0 Å². The largest absolute Gasteiger partial charge is 0.356 e. The van der Waals surface area contributed by atoms with Crippen LogP contribution in [0.5, 0.6) is 0 Å². The topological polar surface area (TPSA) is 32.8 Å². The molecule has 2 fully saturated rings. The molecule has 0 radical (unpaired) electrons. The number of ether oxygens (including phenoxy) is 1. The van der Waals surface area contributed by atoms with Crippen LogP contribution in [0.4, 0.5) is 0 Å². The maximum Gasteiger partial charge on any atom is 0.265 e. The number of benzene rings is 1. The van der Waals surface area contributed by atoms with E-state index in [9.17, 15) is 4.79 Å². The first-order valence-corrected chi connectivity index (χ1v) is 13.9. The Morgan fingerprint density at radius 3 is 2.38 bits per heavy atom. The van der Waals surface area contributed by atoms with Crippen molar-refractivity contribution in [1.29, 1.82) is 0 Å². The van der Waals surface area contributed by atoms with Gasteiger partial charge in [0, 0.05) is 33.3 Å². The average molecular weight is 487 g/mol. The minimum absolute atomic E-state index is 0.150. The maximum atomic E-state index is 13.7. The van der Waals surface area contributed by atoms with Crippen molar-refractivity contribution in [2.75, 3.05) is 6.73 Å². The predicted molar refractivity (Wildman–Crippen MR) is 137 cm³/mol. The van der Waals surface area contributed by atoms with E-state index in [1.807, 2.05) is 0 Å². The quantitative estimate of drug-likeness (QED) is 0.392. The number of carbonyl (C=O) groups is 1. The van der Waals surface area contributed by atoms with Crippen molar-refractivity contribution in [3.05, 3.63) is 33.0 Å². The lowest BCUT2D eigenvalue weighted by atomic mass is 9.90. The lowest BCUT2D eigenvalue weighted by Gasteiger charge is -2.41. The molecule has 2 aliphatic heterocycles. The molecule has 170 valence electrons. The van der Waals surface area contributed by atoms with Crippen LogP contribution in [-0.4, -0.2) is 39.5 Å². The molecule has 32 heavy (non-hydrogen) atoms. The summed E-state index contributed by atoms with van der Waals surface area (Å²) >= 11 is 12.7. The second-order valence-corrected chi connectivity index (χ2v) is 11.7. The molecule has 0 saturated heterocycles. The fraction of sp³-hybridized carbons (Fsp3) is 0.600. The van der Waals surface area contributed by atoms with E-state index in [4.69, 9.17) is 29.6 Å². The van der Waals surface area contributed by atoms with E-state index in [1.54, 1.807) is 11.3 Å². The third-order valence-electron chi connectivity index (χ3n) is 7.88. The standard InChI is InChI=1S/C25H30N2O2S3/c28-23-22-21-18(25(31)27(23)16-9-5-2-6-10-16)12-11-17-20(21)19(32-22)13-29-14-26(24(17)30)15-7-3-1-4-8-15/h11-12,15-16,25,31H,1-10,13-14H2. The highest BCUT2D eigenvalue weighted by Gasteiger charge is 2.40. The zero-order chi connectivity index (χ0) is 21.8. The van der Waals surface area contributed by atoms with Crippen molar-refractivity contribution >= 4 is 57.9 Å². The Bertz CT molecular complexity index is 1070. The number of thiocarbonyl (C=S) groups is 1. The van der Waals surface area contributed by atoms with Gasteiger partial charge < -0.3 is 14.5 Å². The zero-order valence-electron chi connectivity index (χ0n) is 18.3. The van der Waals surface area contributed by atoms with Crippen LogP contribution in [-0.2, 0) is 11.3 Å². The van der Waals surface area contributed by atoms with Crippen LogP contribution in [0, 0.1) is 0 Å². The summed E-state index contributed by atoms with van der Waals surface area (Å²) in [7, 11) is 0. The lowest BCUT2D eigenvalue weighted by Crippen LogP contribution is -2.44. The fourth-order valence-electron chi connectivity index (χ4n) is 6.24. The molecule has 2 aliphatic carbocycles. The van der Waals surface area contributed by atoms with Gasteiger partial charge in [-0.05, 0) is 31.2 Å². The van der Waals surface area contributed by atoms with Crippen molar-refractivity contribution < 1.29 is 9.53 Å². The third kappa shape index (κ3) is 3.34. The molecular formula is C25H30N2O2S3. The van der Waals surface area contributed by atoms with Crippen molar-refractivity contribution in [3.8, 4) is 0 Å². The average Bonchev–Trinajstić information content (AvgIpc) is 3.20. The summed E-state index contributed by atoms with van der Waals surface area (Å²) in [4.78, 5) is 21.0. The SMILES string of the molecule is O=C1c2sc3c4c(ccc(c24)C(S)N1C1CCCCC1)C(=S)N(C1CCCCC1)COC3. The lowest BCUT2D eigenvalue weighted by molar-refractivity contribution is 0.0306. The van der Waals surface area contributed by atoms with Gasteiger partial charge in [0.05, 0.1) is 6.61 Å². The molecule has 2 saturated carbocycles. The molecule has 4 aliphatic rings. The fourth-order valence-corrected chi connectivity index (χ4v) is 8.34. The Morgan fingerprint density at radius 1 is 0.969 bits per heavy atom. The van der Waals surface area contributed by atoms with E-state index in [1.165, 1.54) is 51.4 Å². The molecule has 0 bridgehead atoms. The molecule has 1 aromatic carbocycles. The summed E-state index contributed by atoms with van der Waals surface area (Å²) < 4.78 is 6.19. The molecule has 1 atom stereocenters. The van der Waals surface area contributed by atoms with Gasteiger partial charge in [0.1, 0.15) is 22.0 Å². The normalized spacial score (nSPS) is 25.3. The molecule has 0 spiro atoms. The summed E-state index contributed by atoms with van der Waals surface area (Å²) in [5.41, 5.74) is 2.26. The number of hydrogen-bond acceptors (Lipinski definition) is 5. The molecule has 2 aromatic rings. The highest BCUT2D eigenvalue weighted by atomic mass is 32.1. The first-order valence-electron chi connectivity index (χ1n) is 12.1. The predicted octanol–water partition coefficient (Wildman–Crippen LogP) is 6.42. The van der Waals surface area contributed by atoms with Gasteiger partial charge >= 0.3 is 0 Å². The van der Waals surface area contributed by atoms with E-state index in [0.29, 0.717) is 25.4 Å². The van der Waals surface area contributed by atoms with Crippen LogP contribution in [0.2, 0.25) is 0 Å². The minimum atomic E-state index is -0.191. The highest BCUT2D eigenvalue weighted by molar-refractivity contribution is 7.80. The molecule has 0 N–H and O–H groups in total. The molecule has 1 amide bonds. The van der Waals surface area contributed by atoms with E-state index >= 15 is 0 Å².